The molecule has 0 saturated carbocycles. The Balaban J connectivity index is 2.30. The van der Waals surface area contributed by atoms with Crippen molar-refractivity contribution in [1.82, 2.24) is 9.97 Å². The van der Waals surface area contributed by atoms with E-state index in [2.05, 4.69) is 51.6 Å². The van der Waals surface area contributed by atoms with Crippen molar-refractivity contribution in [2.45, 2.75) is 32.5 Å². The van der Waals surface area contributed by atoms with E-state index in [1.54, 1.807) is 6.20 Å². The molecule has 1 aromatic rings. The Hall–Kier alpha value is -0.390. The van der Waals surface area contributed by atoms with E-state index in [9.17, 15) is 0 Å². The molecule has 6 heteroatoms. The van der Waals surface area contributed by atoms with Gasteiger partial charge in [-0.15, -0.1) is 0 Å². The highest BCUT2D eigenvalue weighted by atomic mass is 79.9. The van der Waals surface area contributed by atoms with Gasteiger partial charge in [0.05, 0.1) is 16.2 Å². The van der Waals surface area contributed by atoms with Crippen LogP contribution < -0.4 is 4.90 Å². The van der Waals surface area contributed by atoms with E-state index in [0.717, 1.165) is 23.4 Å². The van der Waals surface area contributed by atoms with E-state index >= 15 is 0 Å². The molecule has 0 spiro atoms. The molecule has 2 heterocycles. The molecule has 1 fully saturated rings. The van der Waals surface area contributed by atoms with Gasteiger partial charge in [-0.3, -0.25) is 0 Å². The lowest BCUT2D eigenvalue weighted by molar-refractivity contribution is -0.0752. The zero-order chi connectivity index (χ0) is 12.6. The lowest BCUT2D eigenvalue weighted by Gasteiger charge is -2.42. The maximum Gasteiger partial charge on any atom is 0.224 e. The van der Waals surface area contributed by atoms with E-state index in [-0.39, 0.29) is 17.0 Å². The second kappa shape index (κ2) is 4.71. The summed E-state index contributed by atoms with van der Waals surface area (Å²) < 4.78 is 6.72. The highest BCUT2D eigenvalue weighted by Crippen LogP contribution is 2.30. The van der Waals surface area contributed by atoms with Crippen molar-refractivity contribution in [3.8, 4) is 0 Å². The summed E-state index contributed by atoms with van der Waals surface area (Å²) in [6, 6.07) is 0. The van der Waals surface area contributed by atoms with Crippen LogP contribution in [0.5, 0.6) is 0 Å². The number of nitrogens with zero attached hydrogens (tertiary/aromatic N) is 3. The molecule has 94 valence electrons. The van der Waals surface area contributed by atoms with Gasteiger partial charge in [0.1, 0.15) is 5.82 Å². The van der Waals surface area contributed by atoms with E-state index in [0.29, 0.717) is 0 Å². The first-order valence-corrected chi connectivity index (χ1v) is 6.65. The lowest BCUT2D eigenvalue weighted by atomic mass is 10.1. The molecule has 17 heavy (non-hydrogen) atoms. The monoisotopic (exact) mass is 319 g/mol. The van der Waals surface area contributed by atoms with Crippen LogP contribution in [0.15, 0.2) is 10.7 Å². The molecular weight excluding hydrogens is 305 g/mol. The molecule has 0 N–H and O–H groups in total. The molecule has 0 amide bonds. The Morgan fingerprint density at radius 3 is 2.94 bits per heavy atom. The summed E-state index contributed by atoms with van der Waals surface area (Å²) in [5.74, 6) is 0.827. The zero-order valence-corrected chi connectivity index (χ0v) is 12.4. The summed E-state index contributed by atoms with van der Waals surface area (Å²) >= 11 is 9.30. The van der Waals surface area contributed by atoms with Crippen LogP contribution in [0.25, 0.3) is 0 Å². The van der Waals surface area contributed by atoms with Crippen LogP contribution in [0.4, 0.5) is 5.82 Å². The number of hydrogen-bond donors (Lipinski definition) is 0. The second-order valence-corrected chi connectivity index (χ2v) is 6.07. The van der Waals surface area contributed by atoms with Crippen molar-refractivity contribution in [3.63, 3.8) is 0 Å². The van der Waals surface area contributed by atoms with Crippen molar-refractivity contribution >= 4 is 33.3 Å². The third-order valence-corrected chi connectivity index (χ3v) is 3.31. The first-order valence-electron chi connectivity index (χ1n) is 5.48. The van der Waals surface area contributed by atoms with E-state index < -0.39 is 0 Å². The fourth-order valence-corrected chi connectivity index (χ4v) is 2.74. The van der Waals surface area contributed by atoms with Gasteiger partial charge in [-0.2, -0.15) is 4.98 Å². The fourth-order valence-electron chi connectivity index (χ4n) is 2.17. The first-order chi connectivity index (χ1) is 7.87. The minimum Gasteiger partial charge on any atom is -0.369 e. The van der Waals surface area contributed by atoms with E-state index in [1.165, 1.54) is 0 Å². The van der Waals surface area contributed by atoms with Crippen molar-refractivity contribution in [1.29, 1.82) is 0 Å². The predicted molar refractivity (Wildman–Crippen MR) is 71.6 cm³/mol. The molecule has 1 saturated heterocycles. The molecule has 1 atom stereocenters. The van der Waals surface area contributed by atoms with Crippen molar-refractivity contribution < 1.29 is 4.74 Å². The summed E-state index contributed by atoms with van der Waals surface area (Å²) in [4.78, 5) is 10.4. The molecule has 1 aromatic heterocycles. The normalized spacial score (nSPS) is 23.8. The quantitative estimate of drug-likeness (QED) is 0.746. The number of halogens is 2. The van der Waals surface area contributed by atoms with Gasteiger partial charge >= 0.3 is 0 Å². The SMILES string of the molecule is CC1CN(c2nc(Cl)ncc2Br)CC(C)(C)O1. The second-order valence-electron chi connectivity index (χ2n) is 4.88. The average molecular weight is 321 g/mol. The predicted octanol–water partition coefficient (Wildman–Crippen LogP) is 2.90. The summed E-state index contributed by atoms with van der Waals surface area (Å²) in [6.07, 6.45) is 1.84. The molecule has 2 rings (SSSR count). The van der Waals surface area contributed by atoms with E-state index in [1.807, 2.05) is 0 Å². The average Bonchev–Trinajstić information content (AvgIpc) is 2.18. The van der Waals surface area contributed by atoms with Gasteiger partial charge in [-0.05, 0) is 48.3 Å². The Kier molecular flexibility index (Phi) is 3.61. The highest BCUT2D eigenvalue weighted by molar-refractivity contribution is 9.10. The van der Waals surface area contributed by atoms with Crippen LogP contribution in [-0.2, 0) is 4.74 Å². The van der Waals surface area contributed by atoms with Gasteiger partial charge in [0.15, 0.2) is 0 Å². The van der Waals surface area contributed by atoms with Gasteiger partial charge in [0, 0.05) is 19.3 Å². The van der Waals surface area contributed by atoms with Crippen LogP contribution in [-0.4, -0.2) is 34.8 Å². The maximum atomic E-state index is 5.86. The molecule has 0 aliphatic carbocycles. The van der Waals surface area contributed by atoms with Gasteiger partial charge in [-0.1, -0.05) is 0 Å². The third-order valence-electron chi connectivity index (χ3n) is 2.57. The van der Waals surface area contributed by atoms with Gasteiger partial charge < -0.3 is 9.64 Å². The smallest absolute Gasteiger partial charge is 0.224 e. The van der Waals surface area contributed by atoms with Crippen molar-refractivity contribution in [3.05, 3.63) is 16.0 Å². The molecule has 1 aliphatic rings. The minimum absolute atomic E-state index is 0.166. The number of aromatic nitrogens is 2. The highest BCUT2D eigenvalue weighted by Gasteiger charge is 2.32. The van der Waals surface area contributed by atoms with Crippen LogP contribution in [0.1, 0.15) is 20.8 Å². The number of ether oxygens (including phenoxy) is 1. The lowest BCUT2D eigenvalue weighted by Crippen LogP contribution is -2.52. The molecule has 0 bridgehead atoms. The van der Waals surface area contributed by atoms with Crippen molar-refractivity contribution in [2.75, 3.05) is 18.0 Å². The van der Waals surface area contributed by atoms with Gasteiger partial charge in [-0.25, -0.2) is 4.98 Å². The summed E-state index contributed by atoms with van der Waals surface area (Å²) in [5.41, 5.74) is -0.186. The Morgan fingerprint density at radius 2 is 2.29 bits per heavy atom. The van der Waals surface area contributed by atoms with Crippen molar-refractivity contribution in [2.24, 2.45) is 0 Å². The number of morpholine rings is 1. The number of rotatable bonds is 1. The topological polar surface area (TPSA) is 38.2 Å². The molecule has 0 radical (unpaired) electrons. The summed E-state index contributed by atoms with van der Waals surface area (Å²) in [6.45, 7) is 7.79. The number of hydrogen-bond acceptors (Lipinski definition) is 4. The maximum absolute atomic E-state index is 5.86. The Labute approximate surface area is 114 Å². The first kappa shape index (κ1) is 13.1. The molecule has 1 unspecified atom stereocenters. The van der Waals surface area contributed by atoms with Crippen LogP contribution >= 0.6 is 27.5 Å². The Bertz CT molecular complexity index is 427. The number of anilines is 1. The van der Waals surface area contributed by atoms with Crippen LogP contribution in [0.3, 0.4) is 0 Å². The summed E-state index contributed by atoms with van der Waals surface area (Å²) in [7, 11) is 0. The molecular formula is C11H15BrClN3O. The van der Waals surface area contributed by atoms with Gasteiger partial charge in [0.25, 0.3) is 0 Å². The molecule has 4 nitrogen and oxygen atoms in total. The zero-order valence-electron chi connectivity index (χ0n) is 10.1. The fraction of sp³-hybridized carbons (Fsp3) is 0.636. The van der Waals surface area contributed by atoms with Crippen LogP contribution in [0.2, 0.25) is 5.28 Å². The largest absolute Gasteiger partial charge is 0.369 e. The standard InChI is InChI=1S/C11H15BrClN3O/c1-7-5-16(6-11(2,3)17-7)9-8(12)4-14-10(13)15-9/h4,7H,5-6H2,1-3H3. The molecule has 1 aliphatic heterocycles. The van der Waals surface area contributed by atoms with E-state index in [4.69, 9.17) is 16.3 Å². The van der Waals surface area contributed by atoms with Crippen LogP contribution in [0, 0.1) is 0 Å². The third kappa shape index (κ3) is 3.09. The van der Waals surface area contributed by atoms with Gasteiger partial charge in [0.2, 0.25) is 5.28 Å². The molecule has 0 aromatic carbocycles. The Morgan fingerprint density at radius 1 is 1.59 bits per heavy atom. The summed E-state index contributed by atoms with van der Waals surface area (Å²) in [5, 5.41) is 0.264. The minimum atomic E-state index is -0.186.